The number of nitrogens with one attached hydrogen (secondary N) is 2. The fourth-order valence-electron chi connectivity index (χ4n) is 1.30. The molecule has 0 radical (unpaired) electrons. The van der Waals surface area contributed by atoms with E-state index in [0.717, 1.165) is 0 Å². The number of carbonyl (C=O) groups is 1. The minimum absolute atomic E-state index is 0.0834. The van der Waals surface area contributed by atoms with Crippen LogP contribution in [0.5, 0.6) is 0 Å². The van der Waals surface area contributed by atoms with Gasteiger partial charge in [0.2, 0.25) is 0 Å². The third-order valence-electron chi connectivity index (χ3n) is 2.36. The molecule has 0 bridgehead atoms. The maximum atomic E-state index is 11.9. The summed E-state index contributed by atoms with van der Waals surface area (Å²) in [5.41, 5.74) is 0.418. The lowest BCUT2D eigenvalue weighted by atomic mass is 10.2. The first-order valence-corrected chi connectivity index (χ1v) is 5.75. The van der Waals surface area contributed by atoms with E-state index in [-0.39, 0.29) is 23.7 Å². The molecule has 6 heteroatoms. The average Bonchev–Trinajstić information content (AvgIpc) is 2.34. The maximum Gasteiger partial charge on any atom is 0.251 e. The number of carbonyl (C=O) groups excluding carboxylic acids is 1. The van der Waals surface area contributed by atoms with E-state index in [9.17, 15) is 4.79 Å². The predicted molar refractivity (Wildman–Crippen MR) is 67.4 cm³/mol. The Morgan fingerprint density at radius 1 is 1.59 bits per heavy atom. The van der Waals surface area contributed by atoms with Crippen molar-refractivity contribution < 1.29 is 9.90 Å². The molecule has 0 aliphatic carbocycles. The lowest BCUT2D eigenvalue weighted by Crippen LogP contribution is -2.36. The van der Waals surface area contributed by atoms with Gasteiger partial charge in [0.25, 0.3) is 5.91 Å². The van der Waals surface area contributed by atoms with E-state index in [1.165, 1.54) is 6.07 Å². The van der Waals surface area contributed by atoms with Gasteiger partial charge in [-0.25, -0.2) is 4.98 Å². The Kier molecular flexibility index (Phi) is 5.18. The lowest BCUT2D eigenvalue weighted by Gasteiger charge is -2.14. The van der Waals surface area contributed by atoms with Crippen LogP contribution in [-0.4, -0.2) is 35.7 Å². The highest BCUT2D eigenvalue weighted by atomic mass is 35.5. The first-order valence-electron chi connectivity index (χ1n) is 5.37. The minimum atomic E-state index is -0.272. The van der Waals surface area contributed by atoms with Crippen LogP contribution in [0, 0.1) is 0 Å². The Hall–Kier alpha value is -1.33. The van der Waals surface area contributed by atoms with E-state index in [0.29, 0.717) is 17.8 Å². The van der Waals surface area contributed by atoms with Crippen molar-refractivity contribution in [2.24, 2.45) is 0 Å². The van der Waals surface area contributed by atoms with Gasteiger partial charge in [-0.15, -0.1) is 0 Å². The third kappa shape index (κ3) is 3.87. The number of amides is 1. The highest BCUT2D eigenvalue weighted by molar-refractivity contribution is 6.29. The molecule has 0 spiro atoms. The lowest BCUT2D eigenvalue weighted by molar-refractivity contribution is 0.0915. The van der Waals surface area contributed by atoms with Crippen molar-refractivity contribution in [2.75, 3.05) is 19.0 Å². The molecule has 0 aliphatic rings. The van der Waals surface area contributed by atoms with Crippen LogP contribution in [0.1, 0.15) is 23.7 Å². The van der Waals surface area contributed by atoms with Gasteiger partial charge < -0.3 is 15.7 Å². The smallest absolute Gasteiger partial charge is 0.251 e. The van der Waals surface area contributed by atoms with Gasteiger partial charge >= 0.3 is 0 Å². The quantitative estimate of drug-likeness (QED) is 0.695. The molecule has 1 amide bonds. The minimum Gasteiger partial charge on any atom is -0.394 e. The number of aromatic nitrogens is 1. The first-order chi connectivity index (χ1) is 8.10. The maximum absolute atomic E-state index is 11.9. The summed E-state index contributed by atoms with van der Waals surface area (Å²) >= 11 is 5.80. The molecular formula is C11H16ClN3O2. The highest BCUT2D eigenvalue weighted by Crippen LogP contribution is 2.14. The van der Waals surface area contributed by atoms with E-state index in [1.54, 1.807) is 13.1 Å². The second-order valence-electron chi connectivity index (χ2n) is 3.57. The molecule has 1 aromatic rings. The van der Waals surface area contributed by atoms with E-state index >= 15 is 0 Å². The predicted octanol–water partition coefficient (Wildman–Crippen LogP) is 1.28. The number of hydrogen-bond donors (Lipinski definition) is 3. The van der Waals surface area contributed by atoms with Crippen LogP contribution in [0.3, 0.4) is 0 Å². The Labute approximate surface area is 105 Å². The molecule has 17 heavy (non-hydrogen) atoms. The van der Waals surface area contributed by atoms with Gasteiger partial charge in [0.1, 0.15) is 11.0 Å². The number of anilines is 1. The van der Waals surface area contributed by atoms with Crippen LogP contribution in [0.25, 0.3) is 0 Å². The highest BCUT2D eigenvalue weighted by Gasteiger charge is 2.12. The average molecular weight is 258 g/mol. The fraction of sp³-hybridized carbons (Fsp3) is 0.455. The molecule has 0 saturated carbocycles. The topological polar surface area (TPSA) is 74.2 Å². The van der Waals surface area contributed by atoms with Gasteiger partial charge in [0.05, 0.1) is 12.6 Å². The third-order valence-corrected chi connectivity index (χ3v) is 2.55. The number of halogens is 1. The molecular weight excluding hydrogens is 242 g/mol. The number of aliphatic hydroxyl groups excluding tert-OH is 1. The van der Waals surface area contributed by atoms with Crippen molar-refractivity contribution in [3.63, 3.8) is 0 Å². The molecule has 0 aromatic carbocycles. The fourth-order valence-corrected chi connectivity index (χ4v) is 1.51. The van der Waals surface area contributed by atoms with Crippen molar-refractivity contribution in [1.29, 1.82) is 0 Å². The van der Waals surface area contributed by atoms with Crippen LogP contribution in [0.15, 0.2) is 12.1 Å². The molecule has 3 N–H and O–H groups in total. The summed E-state index contributed by atoms with van der Waals surface area (Å²) in [4.78, 5) is 15.8. The first kappa shape index (κ1) is 13.7. The zero-order valence-corrected chi connectivity index (χ0v) is 10.6. The van der Waals surface area contributed by atoms with Gasteiger partial charge in [-0.3, -0.25) is 4.79 Å². The standard InChI is InChI=1S/C11H16ClN3O2/c1-3-8(6-16)14-11(17)7-4-9(12)15-10(5-7)13-2/h4-5,8,16H,3,6H2,1-2H3,(H,13,15)(H,14,17). The Balaban J connectivity index is 2.84. The molecule has 1 rings (SSSR count). The molecule has 0 saturated heterocycles. The summed E-state index contributed by atoms with van der Waals surface area (Å²) in [6.45, 7) is 1.81. The van der Waals surface area contributed by atoms with E-state index in [2.05, 4.69) is 15.6 Å². The largest absolute Gasteiger partial charge is 0.394 e. The van der Waals surface area contributed by atoms with Crippen LogP contribution < -0.4 is 10.6 Å². The van der Waals surface area contributed by atoms with Gasteiger partial charge in [0.15, 0.2) is 0 Å². The molecule has 1 aromatic heterocycles. The van der Waals surface area contributed by atoms with Crippen LogP contribution >= 0.6 is 11.6 Å². The van der Waals surface area contributed by atoms with Crippen molar-refractivity contribution in [1.82, 2.24) is 10.3 Å². The molecule has 1 atom stereocenters. The summed E-state index contributed by atoms with van der Waals surface area (Å²) in [5, 5.41) is 14.8. The number of nitrogens with zero attached hydrogens (tertiary/aromatic N) is 1. The monoisotopic (exact) mass is 257 g/mol. The Bertz CT molecular complexity index is 394. The molecule has 1 unspecified atom stereocenters. The summed E-state index contributed by atoms with van der Waals surface area (Å²) in [6.07, 6.45) is 0.667. The van der Waals surface area contributed by atoms with Crippen molar-refractivity contribution in [2.45, 2.75) is 19.4 Å². The summed E-state index contributed by atoms with van der Waals surface area (Å²) in [7, 11) is 1.70. The van der Waals surface area contributed by atoms with Crippen molar-refractivity contribution in [3.05, 3.63) is 22.8 Å². The molecule has 1 heterocycles. The summed E-state index contributed by atoms with van der Waals surface area (Å²) in [6, 6.07) is 2.85. The van der Waals surface area contributed by atoms with Gasteiger partial charge in [-0.1, -0.05) is 18.5 Å². The second-order valence-corrected chi connectivity index (χ2v) is 3.96. The van der Waals surface area contributed by atoms with Crippen LogP contribution in [-0.2, 0) is 0 Å². The van der Waals surface area contributed by atoms with Crippen LogP contribution in [0.4, 0.5) is 5.82 Å². The van der Waals surface area contributed by atoms with E-state index in [1.807, 2.05) is 6.92 Å². The second kappa shape index (κ2) is 6.42. The van der Waals surface area contributed by atoms with Gasteiger partial charge in [0, 0.05) is 12.6 Å². The van der Waals surface area contributed by atoms with E-state index in [4.69, 9.17) is 16.7 Å². The SMILES string of the molecule is CCC(CO)NC(=O)c1cc(Cl)nc(NC)c1. The van der Waals surface area contributed by atoms with E-state index < -0.39 is 0 Å². The summed E-state index contributed by atoms with van der Waals surface area (Å²) < 4.78 is 0. The molecule has 0 fully saturated rings. The summed E-state index contributed by atoms with van der Waals surface area (Å²) in [5.74, 6) is 0.256. The van der Waals surface area contributed by atoms with Gasteiger partial charge in [-0.2, -0.15) is 0 Å². The number of aliphatic hydroxyl groups is 1. The number of hydrogen-bond acceptors (Lipinski definition) is 4. The normalized spacial score (nSPS) is 12.0. The number of pyridine rings is 1. The van der Waals surface area contributed by atoms with Crippen molar-refractivity contribution >= 4 is 23.3 Å². The number of rotatable bonds is 5. The zero-order chi connectivity index (χ0) is 12.8. The Morgan fingerprint density at radius 2 is 2.29 bits per heavy atom. The molecule has 0 aliphatic heterocycles. The van der Waals surface area contributed by atoms with Crippen LogP contribution in [0.2, 0.25) is 5.15 Å². The zero-order valence-electron chi connectivity index (χ0n) is 9.83. The van der Waals surface area contributed by atoms with Crippen molar-refractivity contribution in [3.8, 4) is 0 Å². The molecule has 5 nitrogen and oxygen atoms in total. The Morgan fingerprint density at radius 3 is 2.82 bits per heavy atom. The van der Waals surface area contributed by atoms with Gasteiger partial charge in [-0.05, 0) is 18.6 Å². The molecule has 94 valence electrons.